The van der Waals surface area contributed by atoms with Crippen molar-refractivity contribution >= 4 is 23.7 Å². The van der Waals surface area contributed by atoms with Crippen molar-refractivity contribution in [2.45, 2.75) is 32.1 Å². The maximum atomic E-state index is 14.9. The highest BCUT2D eigenvalue weighted by Crippen LogP contribution is 2.39. The number of hydrogen-bond donors (Lipinski definition) is 1. The number of carbonyl (C=O) groups excluding carboxylic acids is 2. The number of aldehydes is 1. The molecule has 1 aromatic carbocycles. The quantitative estimate of drug-likeness (QED) is 0.526. The van der Waals surface area contributed by atoms with E-state index in [9.17, 15) is 22.8 Å². The molecule has 10 heteroatoms. The van der Waals surface area contributed by atoms with Gasteiger partial charge in [-0.1, -0.05) is 26.0 Å². The third kappa shape index (κ3) is 4.75. The van der Waals surface area contributed by atoms with Gasteiger partial charge in [0.05, 0.1) is 17.8 Å². The van der Waals surface area contributed by atoms with Crippen molar-refractivity contribution < 1.29 is 22.8 Å². The van der Waals surface area contributed by atoms with Gasteiger partial charge in [0.2, 0.25) is 0 Å². The van der Waals surface area contributed by atoms with E-state index >= 15 is 0 Å². The van der Waals surface area contributed by atoms with E-state index in [1.54, 1.807) is 0 Å². The first-order chi connectivity index (χ1) is 16.2. The molecule has 1 aliphatic heterocycles. The van der Waals surface area contributed by atoms with E-state index in [1.165, 1.54) is 41.7 Å². The van der Waals surface area contributed by atoms with Crippen molar-refractivity contribution in [3.8, 4) is 11.1 Å². The standard InChI is InChI=1S/C24H22F3N5O2/c1-14(2)21-29-10-16(11-30-21)23(34)31-20-18(17-4-3-15(12-33)9-19(17)25)5-7-28-22(20)32-8-6-24(26,27)13-32/h3-5,7,9-12,14H,6,8,13H2,1-2H3,(H,31,34). The van der Waals surface area contributed by atoms with Gasteiger partial charge in [-0.3, -0.25) is 9.59 Å². The van der Waals surface area contributed by atoms with Crippen LogP contribution in [0.3, 0.4) is 0 Å². The van der Waals surface area contributed by atoms with Crippen molar-refractivity contribution in [1.82, 2.24) is 15.0 Å². The number of pyridine rings is 1. The predicted molar refractivity (Wildman–Crippen MR) is 121 cm³/mol. The summed E-state index contributed by atoms with van der Waals surface area (Å²) in [6.45, 7) is 3.27. The highest BCUT2D eigenvalue weighted by Gasteiger charge is 2.40. The van der Waals surface area contributed by atoms with Gasteiger partial charge in [0.15, 0.2) is 5.82 Å². The minimum atomic E-state index is -2.91. The minimum absolute atomic E-state index is 0.0189. The average Bonchev–Trinajstić information content (AvgIpc) is 3.18. The highest BCUT2D eigenvalue weighted by atomic mass is 19.3. The predicted octanol–water partition coefficient (Wildman–Crippen LogP) is 4.71. The molecule has 3 heterocycles. The number of halogens is 3. The summed E-state index contributed by atoms with van der Waals surface area (Å²) < 4.78 is 42.8. The number of aromatic nitrogens is 3. The zero-order valence-corrected chi connectivity index (χ0v) is 18.6. The number of nitrogens with zero attached hydrogens (tertiary/aromatic N) is 4. The summed E-state index contributed by atoms with van der Waals surface area (Å²) in [6, 6.07) is 5.37. The van der Waals surface area contributed by atoms with Crippen LogP contribution in [0.4, 0.5) is 24.7 Å². The van der Waals surface area contributed by atoms with Crippen molar-refractivity contribution in [3.05, 3.63) is 65.6 Å². The first-order valence-corrected chi connectivity index (χ1v) is 10.7. The molecule has 1 fully saturated rings. The van der Waals surface area contributed by atoms with E-state index in [0.717, 1.165) is 6.07 Å². The molecule has 4 rings (SSSR count). The fraction of sp³-hybridized carbons (Fsp3) is 0.292. The van der Waals surface area contributed by atoms with Crippen molar-refractivity contribution in [3.63, 3.8) is 0 Å². The first kappa shape index (κ1) is 23.3. The van der Waals surface area contributed by atoms with Gasteiger partial charge in [0, 0.05) is 54.2 Å². The summed E-state index contributed by atoms with van der Waals surface area (Å²) >= 11 is 0. The molecular weight excluding hydrogens is 447 g/mol. The second kappa shape index (κ2) is 9.20. The second-order valence-electron chi connectivity index (χ2n) is 8.38. The SMILES string of the molecule is CC(C)c1ncc(C(=O)Nc2c(-c3ccc(C=O)cc3F)ccnc2N2CCC(F)(F)C2)cn1. The van der Waals surface area contributed by atoms with Crippen molar-refractivity contribution in [1.29, 1.82) is 0 Å². The Balaban J connectivity index is 1.78. The number of rotatable bonds is 6. The van der Waals surface area contributed by atoms with E-state index in [2.05, 4.69) is 20.3 Å². The molecule has 0 unspecified atom stereocenters. The number of benzene rings is 1. The number of alkyl halides is 2. The van der Waals surface area contributed by atoms with E-state index in [4.69, 9.17) is 0 Å². The second-order valence-corrected chi connectivity index (χ2v) is 8.38. The van der Waals surface area contributed by atoms with E-state index in [1.807, 2.05) is 13.8 Å². The van der Waals surface area contributed by atoms with E-state index in [-0.39, 0.29) is 52.6 Å². The van der Waals surface area contributed by atoms with Gasteiger partial charge in [0.25, 0.3) is 11.8 Å². The number of carbonyl (C=O) groups is 2. The monoisotopic (exact) mass is 469 g/mol. The van der Waals surface area contributed by atoms with Gasteiger partial charge in [-0.25, -0.2) is 28.1 Å². The van der Waals surface area contributed by atoms with Crippen LogP contribution in [-0.2, 0) is 0 Å². The van der Waals surface area contributed by atoms with Crippen molar-refractivity contribution in [2.75, 3.05) is 23.3 Å². The Morgan fingerprint density at radius 3 is 2.47 bits per heavy atom. The molecule has 1 N–H and O–H groups in total. The molecule has 1 aliphatic rings. The molecule has 0 radical (unpaired) electrons. The summed E-state index contributed by atoms with van der Waals surface area (Å²) in [4.78, 5) is 38.0. The lowest BCUT2D eigenvalue weighted by molar-refractivity contribution is 0.0256. The van der Waals surface area contributed by atoms with Crippen molar-refractivity contribution in [2.24, 2.45) is 0 Å². The van der Waals surface area contributed by atoms with Gasteiger partial charge in [0.1, 0.15) is 17.9 Å². The van der Waals surface area contributed by atoms with Gasteiger partial charge in [-0.2, -0.15) is 0 Å². The van der Waals surface area contributed by atoms with Crippen LogP contribution in [0.15, 0.2) is 42.9 Å². The molecule has 34 heavy (non-hydrogen) atoms. The molecule has 0 bridgehead atoms. The first-order valence-electron chi connectivity index (χ1n) is 10.7. The Labute approximate surface area is 194 Å². The summed E-state index contributed by atoms with van der Waals surface area (Å²) in [5.41, 5.74) is 0.692. The molecule has 0 spiro atoms. The summed E-state index contributed by atoms with van der Waals surface area (Å²) in [7, 11) is 0. The largest absolute Gasteiger partial charge is 0.349 e. The Bertz CT molecular complexity index is 1230. The molecule has 176 valence electrons. The van der Waals surface area contributed by atoms with Gasteiger partial charge in [-0.05, 0) is 12.1 Å². The molecule has 0 atom stereocenters. The molecule has 3 aromatic rings. The van der Waals surface area contributed by atoms with Crippen LogP contribution >= 0.6 is 0 Å². The zero-order valence-electron chi connectivity index (χ0n) is 18.6. The van der Waals surface area contributed by atoms with Gasteiger partial charge < -0.3 is 10.2 Å². The van der Waals surface area contributed by atoms with Crippen LogP contribution in [0.25, 0.3) is 11.1 Å². The highest BCUT2D eigenvalue weighted by molar-refractivity contribution is 6.08. The van der Waals surface area contributed by atoms with Crippen LogP contribution in [0.2, 0.25) is 0 Å². The Morgan fingerprint density at radius 1 is 1.15 bits per heavy atom. The van der Waals surface area contributed by atoms with Crippen LogP contribution in [-0.4, -0.2) is 46.2 Å². The fourth-order valence-electron chi connectivity index (χ4n) is 3.72. The molecule has 7 nitrogen and oxygen atoms in total. The molecule has 2 aromatic heterocycles. The van der Waals surface area contributed by atoms with Crippen LogP contribution in [0.5, 0.6) is 0 Å². The summed E-state index contributed by atoms with van der Waals surface area (Å²) in [5.74, 6) is -3.47. The number of anilines is 2. The number of nitrogens with one attached hydrogen (secondary N) is 1. The minimum Gasteiger partial charge on any atom is -0.349 e. The van der Waals surface area contributed by atoms with E-state index in [0.29, 0.717) is 12.1 Å². The third-order valence-corrected chi connectivity index (χ3v) is 5.51. The molecular formula is C24H22F3N5O2. The fourth-order valence-corrected chi connectivity index (χ4v) is 3.72. The van der Waals surface area contributed by atoms with Crippen LogP contribution < -0.4 is 10.2 Å². The maximum absolute atomic E-state index is 14.9. The maximum Gasteiger partial charge on any atom is 0.266 e. The lowest BCUT2D eigenvalue weighted by Gasteiger charge is -2.23. The Hall–Kier alpha value is -3.82. The average molecular weight is 469 g/mol. The topological polar surface area (TPSA) is 88.1 Å². The van der Waals surface area contributed by atoms with Crippen LogP contribution in [0.1, 0.15) is 52.7 Å². The molecule has 0 aliphatic carbocycles. The Morgan fingerprint density at radius 2 is 1.88 bits per heavy atom. The lowest BCUT2D eigenvalue weighted by atomic mass is 10.0. The smallest absolute Gasteiger partial charge is 0.266 e. The third-order valence-electron chi connectivity index (χ3n) is 5.51. The summed E-state index contributed by atoms with van der Waals surface area (Å²) in [6.07, 6.45) is 4.26. The number of amides is 1. The van der Waals surface area contributed by atoms with E-state index < -0.39 is 24.2 Å². The normalized spacial score (nSPS) is 14.9. The summed E-state index contributed by atoms with van der Waals surface area (Å²) in [5, 5.41) is 2.70. The van der Waals surface area contributed by atoms with Gasteiger partial charge in [-0.15, -0.1) is 0 Å². The van der Waals surface area contributed by atoms with Gasteiger partial charge >= 0.3 is 0 Å². The molecule has 1 amide bonds. The number of hydrogen-bond acceptors (Lipinski definition) is 6. The molecule has 1 saturated heterocycles. The van der Waals surface area contributed by atoms with Crippen LogP contribution in [0, 0.1) is 5.82 Å². The Kier molecular flexibility index (Phi) is 6.32. The zero-order chi connectivity index (χ0) is 24.5. The molecule has 0 saturated carbocycles. The lowest BCUT2D eigenvalue weighted by Crippen LogP contribution is -2.27.